The highest BCUT2D eigenvalue weighted by molar-refractivity contribution is 5.79. The van der Waals surface area contributed by atoms with Gasteiger partial charge in [-0.25, -0.2) is 4.39 Å². The fourth-order valence-electron chi connectivity index (χ4n) is 2.89. The van der Waals surface area contributed by atoms with Crippen LogP contribution in [0.1, 0.15) is 37.5 Å². The molecule has 0 radical (unpaired) electrons. The summed E-state index contributed by atoms with van der Waals surface area (Å²) in [7, 11) is 0. The molecule has 1 heterocycles. The molecule has 0 aliphatic carbocycles. The summed E-state index contributed by atoms with van der Waals surface area (Å²) >= 11 is 0. The van der Waals surface area contributed by atoms with Gasteiger partial charge in [-0.05, 0) is 40.7 Å². The van der Waals surface area contributed by atoms with Crippen LogP contribution in [0, 0.1) is 5.82 Å². The number of para-hydroxylation sites is 1. The first-order valence-electron chi connectivity index (χ1n) is 7.57. The molecule has 0 atom stereocenters. The fourth-order valence-corrected chi connectivity index (χ4v) is 2.89. The number of hydrogen-bond acceptors (Lipinski definition) is 1. The van der Waals surface area contributed by atoms with Crippen LogP contribution in [0.4, 0.5) is 4.39 Å². The van der Waals surface area contributed by atoms with E-state index in [-0.39, 0.29) is 11.2 Å². The van der Waals surface area contributed by atoms with Crippen LogP contribution in [-0.2, 0) is 11.8 Å². The predicted molar refractivity (Wildman–Crippen MR) is 89.6 cm³/mol. The van der Waals surface area contributed by atoms with Gasteiger partial charge < -0.3 is 0 Å². The van der Waals surface area contributed by atoms with E-state index in [1.165, 1.54) is 17.2 Å². The molecule has 0 saturated carbocycles. The SMILES string of the molecule is CC(C)(C)c1ccccc1Cc1cnc2c(F)cccc2c1. The third-order valence-electron chi connectivity index (χ3n) is 3.94. The maximum Gasteiger partial charge on any atom is 0.149 e. The molecule has 0 amide bonds. The Labute approximate surface area is 130 Å². The highest BCUT2D eigenvalue weighted by atomic mass is 19.1. The van der Waals surface area contributed by atoms with Gasteiger partial charge in [0.25, 0.3) is 0 Å². The number of hydrogen-bond donors (Lipinski definition) is 0. The zero-order valence-electron chi connectivity index (χ0n) is 13.2. The Balaban J connectivity index is 2.01. The first-order chi connectivity index (χ1) is 10.4. The highest BCUT2D eigenvalue weighted by Crippen LogP contribution is 2.28. The topological polar surface area (TPSA) is 12.9 Å². The second-order valence-electron chi connectivity index (χ2n) is 6.74. The van der Waals surface area contributed by atoms with Gasteiger partial charge in [0.1, 0.15) is 11.3 Å². The van der Waals surface area contributed by atoms with E-state index in [4.69, 9.17) is 0 Å². The van der Waals surface area contributed by atoms with Crippen LogP contribution in [-0.4, -0.2) is 4.98 Å². The molecule has 2 aromatic carbocycles. The molecule has 3 rings (SSSR count). The number of fused-ring (bicyclic) bond motifs is 1. The molecule has 112 valence electrons. The van der Waals surface area contributed by atoms with Crippen molar-refractivity contribution in [1.82, 2.24) is 4.98 Å². The Morgan fingerprint density at radius 2 is 1.77 bits per heavy atom. The normalized spacial score (nSPS) is 11.8. The molecular formula is C20H20FN. The molecule has 2 heteroatoms. The molecule has 0 unspecified atom stereocenters. The third-order valence-corrected chi connectivity index (χ3v) is 3.94. The molecule has 0 fully saturated rings. The van der Waals surface area contributed by atoms with Crippen molar-refractivity contribution in [3.05, 3.63) is 77.2 Å². The van der Waals surface area contributed by atoms with Crippen molar-refractivity contribution in [1.29, 1.82) is 0 Å². The predicted octanol–water partition coefficient (Wildman–Crippen LogP) is 5.26. The Morgan fingerprint density at radius 3 is 2.55 bits per heavy atom. The summed E-state index contributed by atoms with van der Waals surface area (Å²) in [5.41, 5.74) is 4.29. The van der Waals surface area contributed by atoms with Gasteiger partial charge in [-0.2, -0.15) is 0 Å². The molecule has 0 aliphatic rings. The van der Waals surface area contributed by atoms with Gasteiger partial charge >= 0.3 is 0 Å². The van der Waals surface area contributed by atoms with Crippen LogP contribution in [0.25, 0.3) is 10.9 Å². The summed E-state index contributed by atoms with van der Waals surface area (Å²) in [4.78, 5) is 4.29. The summed E-state index contributed by atoms with van der Waals surface area (Å²) in [6.07, 6.45) is 2.59. The van der Waals surface area contributed by atoms with Crippen LogP contribution in [0.3, 0.4) is 0 Å². The largest absolute Gasteiger partial charge is 0.253 e. The molecule has 22 heavy (non-hydrogen) atoms. The van der Waals surface area contributed by atoms with Gasteiger partial charge in [0.15, 0.2) is 0 Å². The summed E-state index contributed by atoms with van der Waals surface area (Å²) in [5, 5.41) is 0.853. The van der Waals surface area contributed by atoms with Gasteiger partial charge in [0, 0.05) is 11.6 Å². The van der Waals surface area contributed by atoms with Gasteiger partial charge in [-0.1, -0.05) is 57.2 Å². The fraction of sp³-hybridized carbons (Fsp3) is 0.250. The molecule has 0 saturated heterocycles. The standard InChI is InChI=1S/C20H20FN/c1-20(2,3)17-9-5-4-7-15(17)11-14-12-16-8-6-10-18(21)19(16)22-13-14/h4-10,12-13H,11H2,1-3H3. The number of nitrogens with zero attached hydrogens (tertiary/aromatic N) is 1. The summed E-state index contributed by atoms with van der Waals surface area (Å²) in [5.74, 6) is -0.265. The van der Waals surface area contributed by atoms with Crippen molar-refractivity contribution in [2.45, 2.75) is 32.6 Å². The van der Waals surface area contributed by atoms with Gasteiger partial charge in [-0.3, -0.25) is 4.98 Å². The van der Waals surface area contributed by atoms with E-state index in [9.17, 15) is 4.39 Å². The molecule has 0 bridgehead atoms. The van der Waals surface area contributed by atoms with E-state index >= 15 is 0 Å². The van der Waals surface area contributed by atoms with Crippen LogP contribution >= 0.6 is 0 Å². The quantitative estimate of drug-likeness (QED) is 0.628. The van der Waals surface area contributed by atoms with E-state index in [1.807, 2.05) is 12.1 Å². The third kappa shape index (κ3) is 2.87. The first-order valence-corrected chi connectivity index (χ1v) is 7.57. The lowest BCUT2D eigenvalue weighted by Crippen LogP contribution is -2.14. The molecular weight excluding hydrogens is 273 g/mol. The Hall–Kier alpha value is -2.22. The van der Waals surface area contributed by atoms with Crippen molar-refractivity contribution in [3.8, 4) is 0 Å². The summed E-state index contributed by atoms with van der Waals surface area (Å²) in [6.45, 7) is 6.67. The van der Waals surface area contributed by atoms with Crippen molar-refractivity contribution in [3.63, 3.8) is 0 Å². The van der Waals surface area contributed by atoms with E-state index in [0.717, 1.165) is 17.4 Å². The summed E-state index contributed by atoms with van der Waals surface area (Å²) < 4.78 is 13.7. The number of halogens is 1. The molecule has 0 N–H and O–H groups in total. The highest BCUT2D eigenvalue weighted by Gasteiger charge is 2.17. The van der Waals surface area contributed by atoms with E-state index in [0.29, 0.717) is 5.52 Å². The van der Waals surface area contributed by atoms with Crippen LogP contribution in [0.2, 0.25) is 0 Å². The van der Waals surface area contributed by atoms with Crippen LogP contribution in [0.15, 0.2) is 54.7 Å². The molecule has 0 aliphatic heterocycles. The number of rotatable bonds is 2. The lowest BCUT2D eigenvalue weighted by Gasteiger charge is -2.23. The lowest BCUT2D eigenvalue weighted by molar-refractivity contribution is 0.584. The van der Waals surface area contributed by atoms with E-state index in [2.05, 4.69) is 50.0 Å². The van der Waals surface area contributed by atoms with Crippen LogP contribution < -0.4 is 0 Å². The van der Waals surface area contributed by atoms with Crippen LogP contribution in [0.5, 0.6) is 0 Å². The zero-order valence-corrected chi connectivity index (χ0v) is 13.2. The minimum absolute atomic E-state index is 0.104. The maximum atomic E-state index is 13.7. The Bertz CT molecular complexity index is 815. The van der Waals surface area contributed by atoms with E-state index < -0.39 is 0 Å². The number of aromatic nitrogens is 1. The van der Waals surface area contributed by atoms with Crippen molar-refractivity contribution < 1.29 is 4.39 Å². The Morgan fingerprint density at radius 1 is 1.00 bits per heavy atom. The maximum absolute atomic E-state index is 13.7. The molecule has 1 nitrogen and oxygen atoms in total. The lowest BCUT2D eigenvalue weighted by atomic mass is 9.82. The monoisotopic (exact) mass is 293 g/mol. The Kier molecular flexibility index (Phi) is 3.69. The second-order valence-corrected chi connectivity index (χ2v) is 6.74. The minimum Gasteiger partial charge on any atom is -0.253 e. The molecule has 0 spiro atoms. The minimum atomic E-state index is -0.265. The van der Waals surface area contributed by atoms with Crippen molar-refractivity contribution >= 4 is 10.9 Å². The van der Waals surface area contributed by atoms with Crippen molar-refractivity contribution in [2.24, 2.45) is 0 Å². The van der Waals surface area contributed by atoms with Crippen molar-refractivity contribution in [2.75, 3.05) is 0 Å². The molecule has 3 aromatic rings. The van der Waals surface area contributed by atoms with Gasteiger partial charge in [0.2, 0.25) is 0 Å². The van der Waals surface area contributed by atoms with Gasteiger partial charge in [0.05, 0.1) is 0 Å². The number of benzene rings is 2. The summed E-state index contributed by atoms with van der Waals surface area (Å²) in [6, 6.07) is 15.6. The average Bonchev–Trinajstić information content (AvgIpc) is 2.47. The first kappa shape index (κ1) is 14.7. The number of pyridine rings is 1. The van der Waals surface area contributed by atoms with Gasteiger partial charge in [-0.15, -0.1) is 0 Å². The zero-order chi connectivity index (χ0) is 15.7. The smallest absolute Gasteiger partial charge is 0.149 e. The average molecular weight is 293 g/mol. The molecule has 1 aromatic heterocycles. The van der Waals surface area contributed by atoms with E-state index in [1.54, 1.807) is 12.3 Å². The second kappa shape index (κ2) is 5.53.